The zero-order valence-electron chi connectivity index (χ0n) is 12.6. The second-order valence-corrected chi connectivity index (χ2v) is 5.42. The van der Waals surface area contributed by atoms with Gasteiger partial charge in [0.1, 0.15) is 5.75 Å². The van der Waals surface area contributed by atoms with Crippen LogP contribution in [0.25, 0.3) is 4.85 Å². The second-order valence-electron chi connectivity index (χ2n) is 5.42. The lowest BCUT2D eigenvalue weighted by atomic mass is 9.89. The summed E-state index contributed by atoms with van der Waals surface area (Å²) in [6, 6.07) is 15.3. The first kappa shape index (κ1) is 14.8. The summed E-state index contributed by atoms with van der Waals surface area (Å²) < 4.78 is 5.81. The third kappa shape index (κ3) is 3.22. The van der Waals surface area contributed by atoms with Crippen molar-refractivity contribution in [2.45, 2.75) is 12.8 Å². The predicted molar refractivity (Wildman–Crippen MR) is 88.6 cm³/mol. The van der Waals surface area contributed by atoms with Gasteiger partial charge in [-0.2, -0.15) is 10.3 Å². The molecule has 0 spiro atoms. The molecular formula is C19H15N3O. The van der Waals surface area contributed by atoms with Crippen molar-refractivity contribution in [3.8, 4) is 11.9 Å². The summed E-state index contributed by atoms with van der Waals surface area (Å²) in [5.41, 5.74) is 3.48. The fourth-order valence-electron chi connectivity index (χ4n) is 2.84. The van der Waals surface area contributed by atoms with Crippen LogP contribution in [0, 0.1) is 23.9 Å². The number of hydrogen-bond donors (Lipinski definition) is 0. The Labute approximate surface area is 135 Å². The molecule has 0 radical (unpaired) electrons. The molecule has 3 rings (SSSR count). The molecule has 0 saturated carbocycles. The largest absolute Gasteiger partial charge is 0.492 e. The fraction of sp³-hybridized carbons (Fsp3) is 0.211. The Morgan fingerprint density at radius 1 is 1.26 bits per heavy atom. The smallest absolute Gasteiger partial charge is 0.205 e. The highest BCUT2D eigenvalue weighted by Crippen LogP contribution is 2.30. The minimum Gasteiger partial charge on any atom is -0.492 e. The number of nitriles is 1. The van der Waals surface area contributed by atoms with Crippen LogP contribution in [0.3, 0.4) is 0 Å². The van der Waals surface area contributed by atoms with E-state index in [1.807, 2.05) is 48.7 Å². The highest BCUT2D eigenvalue weighted by atomic mass is 16.5. The lowest BCUT2D eigenvalue weighted by Crippen LogP contribution is -2.29. The van der Waals surface area contributed by atoms with Gasteiger partial charge in [-0.3, -0.25) is 0 Å². The van der Waals surface area contributed by atoms with Gasteiger partial charge in [-0.25, -0.2) is 4.85 Å². The van der Waals surface area contributed by atoms with Gasteiger partial charge in [-0.1, -0.05) is 42.0 Å². The van der Waals surface area contributed by atoms with E-state index in [0.29, 0.717) is 12.3 Å². The zero-order valence-corrected chi connectivity index (χ0v) is 12.6. The van der Waals surface area contributed by atoms with E-state index in [-0.39, 0.29) is 5.92 Å². The SMILES string of the molecule is [C-]#[N+]c1cccc(CCC2COc3ccccc3C2=NC#N)c1. The van der Waals surface area contributed by atoms with Crippen molar-refractivity contribution < 1.29 is 4.74 Å². The Bertz CT molecular complexity index is 827. The highest BCUT2D eigenvalue weighted by Gasteiger charge is 2.26. The van der Waals surface area contributed by atoms with Gasteiger partial charge in [0, 0.05) is 11.5 Å². The Balaban J connectivity index is 1.79. The molecule has 4 heteroatoms. The van der Waals surface area contributed by atoms with Crippen LogP contribution in [-0.4, -0.2) is 12.3 Å². The maximum atomic E-state index is 9.00. The minimum absolute atomic E-state index is 0.0844. The Hall–Kier alpha value is -3.11. The molecule has 0 amide bonds. The average molecular weight is 301 g/mol. The lowest BCUT2D eigenvalue weighted by Gasteiger charge is -2.26. The lowest BCUT2D eigenvalue weighted by molar-refractivity contribution is 0.267. The third-order valence-electron chi connectivity index (χ3n) is 3.98. The molecule has 1 aliphatic heterocycles. The van der Waals surface area contributed by atoms with E-state index >= 15 is 0 Å². The molecule has 1 aliphatic rings. The number of nitrogens with zero attached hydrogens (tertiary/aromatic N) is 3. The molecule has 0 aromatic heterocycles. The molecule has 1 unspecified atom stereocenters. The van der Waals surface area contributed by atoms with Gasteiger partial charge in [0.15, 0.2) is 5.69 Å². The maximum absolute atomic E-state index is 9.00. The number of benzene rings is 2. The van der Waals surface area contributed by atoms with Crippen molar-refractivity contribution in [3.63, 3.8) is 0 Å². The monoisotopic (exact) mass is 301 g/mol. The minimum atomic E-state index is 0.0844. The number of para-hydroxylation sites is 1. The van der Waals surface area contributed by atoms with Crippen molar-refractivity contribution in [3.05, 3.63) is 71.1 Å². The summed E-state index contributed by atoms with van der Waals surface area (Å²) in [5.74, 6) is 0.869. The van der Waals surface area contributed by atoms with Crippen LogP contribution in [0.4, 0.5) is 5.69 Å². The molecular weight excluding hydrogens is 286 g/mol. The molecule has 4 nitrogen and oxygen atoms in total. The summed E-state index contributed by atoms with van der Waals surface area (Å²) in [7, 11) is 0. The third-order valence-corrected chi connectivity index (χ3v) is 3.98. The molecule has 0 N–H and O–H groups in total. The molecule has 2 aromatic carbocycles. The van der Waals surface area contributed by atoms with Crippen molar-refractivity contribution in [1.29, 1.82) is 5.26 Å². The number of fused-ring (bicyclic) bond motifs is 1. The van der Waals surface area contributed by atoms with Gasteiger partial charge >= 0.3 is 0 Å². The summed E-state index contributed by atoms with van der Waals surface area (Å²) in [5, 5.41) is 9.00. The Kier molecular flexibility index (Phi) is 4.36. The van der Waals surface area contributed by atoms with E-state index in [2.05, 4.69) is 9.84 Å². The van der Waals surface area contributed by atoms with Gasteiger partial charge in [0.05, 0.1) is 18.9 Å². The highest BCUT2D eigenvalue weighted by molar-refractivity contribution is 6.05. The first-order chi connectivity index (χ1) is 11.3. The van der Waals surface area contributed by atoms with Crippen molar-refractivity contribution >= 4 is 11.4 Å². The summed E-state index contributed by atoms with van der Waals surface area (Å²) in [6.45, 7) is 7.61. The molecule has 0 fully saturated rings. The predicted octanol–water partition coefficient (Wildman–Crippen LogP) is 4.15. The van der Waals surface area contributed by atoms with E-state index < -0.39 is 0 Å². The molecule has 2 aromatic rings. The van der Waals surface area contributed by atoms with Crippen LogP contribution in [0.15, 0.2) is 53.5 Å². The molecule has 0 aliphatic carbocycles. The molecule has 1 heterocycles. The van der Waals surface area contributed by atoms with Crippen LogP contribution >= 0.6 is 0 Å². The van der Waals surface area contributed by atoms with Crippen molar-refractivity contribution in [2.24, 2.45) is 10.9 Å². The molecule has 1 atom stereocenters. The van der Waals surface area contributed by atoms with Crippen LogP contribution in [0.1, 0.15) is 17.5 Å². The number of hydrogen-bond acceptors (Lipinski definition) is 3. The standard InChI is InChI=1S/C19H15N3O/c1-21-16-6-4-5-14(11-16)9-10-15-12-23-18-8-3-2-7-17(18)19(15)22-13-20/h2-8,11,15H,9-10,12H2. The number of rotatable bonds is 3. The zero-order chi connectivity index (χ0) is 16.1. The van der Waals surface area contributed by atoms with Gasteiger partial charge < -0.3 is 4.74 Å². The Morgan fingerprint density at radius 2 is 2.13 bits per heavy atom. The van der Waals surface area contributed by atoms with Gasteiger partial charge in [-0.05, 0) is 25.0 Å². The van der Waals surface area contributed by atoms with Crippen LogP contribution < -0.4 is 4.74 Å². The number of ether oxygens (including phenoxy) is 1. The molecule has 0 saturated heterocycles. The normalized spacial score (nSPS) is 17.7. The van der Waals surface area contributed by atoms with Gasteiger partial charge in [-0.15, -0.1) is 0 Å². The maximum Gasteiger partial charge on any atom is 0.205 e. The number of aryl methyl sites for hydroxylation is 1. The van der Waals surface area contributed by atoms with Crippen LogP contribution in [0.5, 0.6) is 5.75 Å². The molecule has 112 valence electrons. The van der Waals surface area contributed by atoms with E-state index in [4.69, 9.17) is 16.6 Å². The fourth-order valence-corrected chi connectivity index (χ4v) is 2.84. The van der Waals surface area contributed by atoms with E-state index in [0.717, 1.165) is 35.4 Å². The van der Waals surface area contributed by atoms with Crippen LogP contribution in [-0.2, 0) is 6.42 Å². The number of aliphatic imine (C=N–C) groups is 1. The van der Waals surface area contributed by atoms with Gasteiger partial charge in [0.25, 0.3) is 0 Å². The molecule has 23 heavy (non-hydrogen) atoms. The van der Waals surface area contributed by atoms with E-state index in [9.17, 15) is 0 Å². The first-order valence-corrected chi connectivity index (χ1v) is 7.47. The van der Waals surface area contributed by atoms with E-state index in [1.54, 1.807) is 6.07 Å². The van der Waals surface area contributed by atoms with Crippen molar-refractivity contribution in [1.82, 2.24) is 0 Å². The average Bonchev–Trinajstić information content (AvgIpc) is 2.61. The quantitative estimate of drug-likeness (QED) is 0.631. The topological polar surface area (TPSA) is 49.7 Å². The molecule has 0 bridgehead atoms. The Morgan fingerprint density at radius 3 is 2.96 bits per heavy atom. The summed E-state index contributed by atoms with van der Waals surface area (Å²) in [6.07, 6.45) is 3.57. The second kappa shape index (κ2) is 6.77. The van der Waals surface area contributed by atoms with E-state index in [1.165, 1.54) is 0 Å². The van der Waals surface area contributed by atoms with Crippen LogP contribution in [0.2, 0.25) is 0 Å². The first-order valence-electron chi connectivity index (χ1n) is 7.47. The van der Waals surface area contributed by atoms with Gasteiger partial charge in [0.2, 0.25) is 6.19 Å². The summed E-state index contributed by atoms with van der Waals surface area (Å²) in [4.78, 5) is 7.50. The van der Waals surface area contributed by atoms with Crippen molar-refractivity contribution in [2.75, 3.05) is 6.61 Å². The summed E-state index contributed by atoms with van der Waals surface area (Å²) >= 11 is 0.